The molecular weight excluding hydrogens is 462 g/mol. The van der Waals surface area contributed by atoms with Crippen LogP contribution in [0.4, 0.5) is 0 Å². The van der Waals surface area contributed by atoms with Gasteiger partial charge in [0.25, 0.3) is 5.91 Å². The van der Waals surface area contributed by atoms with Crippen molar-refractivity contribution in [1.29, 1.82) is 0 Å². The first-order chi connectivity index (χ1) is 17.7. The molecule has 0 saturated heterocycles. The lowest BCUT2D eigenvalue weighted by molar-refractivity contribution is -0.107. The second kappa shape index (κ2) is 13.0. The zero-order valence-corrected chi connectivity index (χ0v) is 22.5. The summed E-state index contributed by atoms with van der Waals surface area (Å²) in [6.45, 7) is 10.1. The van der Waals surface area contributed by atoms with Gasteiger partial charge in [-0.2, -0.15) is 0 Å². The molecule has 5 nitrogen and oxygen atoms in total. The van der Waals surface area contributed by atoms with E-state index in [1.54, 1.807) is 18.2 Å². The van der Waals surface area contributed by atoms with E-state index in [4.69, 9.17) is 4.74 Å². The topological polar surface area (TPSA) is 72.5 Å². The van der Waals surface area contributed by atoms with Gasteiger partial charge in [0.15, 0.2) is 5.78 Å². The standard InChI is InChI=1S/C32H37NO4/c1-21(2)15-30(27-17-22(3)16-23(4)18-27)33-32(36)29-19-25(12-13-26(29)9-8-14-34)20-37-31-11-7-6-10-28(31)24(5)35/h6-7,10-14,16-19,21,30H,8-9,15,20H2,1-5H3,(H,33,36). The lowest BCUT2D eigenvalue weighted by Crippen LogP contribution is -2.30. The van der Waals surface area contributed by atoms with Crippen molar-refractivity contribution in [1.82, 2.24) is 5.32 Å². The predicted molar refractivity (Wildman–Crippen MR) is 147 cm³/mol. The Morgan fingerprint density at radius 3 is 2.30 bits per heavy atom. The van der Waals surface area contributed by atoms with Crippen LogP contribution in [-0.4, -0.2) is 18.0 Å². The molecule has 1 N–H and O–H groups in total. The summed E-state index contributed by atoms with van der Waals surface area (Å²) in [5.74, 6) is 0.665. The van der Waals surface area contributed by atoms with Gasteiger partial charge in [0.2, 0.25) is 0 Å². The number of ether oxygens (including phenoxy) is 1. The van der Waals surface area contributed by atoms with E-state index in [2.05, 4.69) is 51.2 Å². The first-order valence-electron chi connectivity index (χ1n) is 12.8. The molecule has 3 rings (SSSR count). The van der Waals surface area contributed by atoms with Crippen LogP contribution in [0.5, 0.6) is 5.75 Å². The molecule has 0 saturated carbocycles. The smallest absolute Gasteiger partial charge is 0.252 e. The van der Waals surface area contributed by atoms with Crippen molar-refractivity contribution in [2.45, 2.75) is 66.5 Å². The van der Waals surface area contributed by atoms with Crippen molar-refractivity contribution in [3.05, 3.63) is 99.6 Å². The number of rotatable bonds is 12. The Hall–Kier alpha value is -3.73. The van der Waals surface area contributed by atoms with Crippen LogP contribution < -0.4 is 10.1 Å². The molecular formula is C32H37NO4. The first kappa shape index (κ1) is 27.9. The summed E-state index contributed by atoms with van der Waals surface area (Å²) in [5, 5.41) is 3.26. The van der Waals surface area contributed by atoms with Gasteiger partial charge in [0.1, 0.15) is 18.6 Å². The molecule has 0 spiro atoms. The Labute approximate surface area is 220 Å². The molecule has 0 bridgehead atoms. The van der Waals surface area contributed by atoms with Crippen molar-refractivity contribution >= 4 is 18.0 Å². The third kappa shape index (κ3) is 7.88. The molecule has 194 valence electrons. The van der Waals surface area contributed by atoms with Gasteiger partial charge >= 0.3 is 0 Å². The molecule has 0 aromatic heterocycles. The van der Waals surface area contributed by atoms with Gasteiger partial charge in [-0.1, -0.05) is 67.4 Å². The molecule has 1 atom stereocenters. The molecule has 0 fully saturated rings. The number of ketones is 1. The van der Waals surface area contributed by atoms with Crippen LogP contribution in [-0.2, 0) is 17.8 Å². The minimum Gasteiger partial charge on any atom is -0.488 e. The van der Waals surface area contributed by atoms with E-state index in [0.29, 0.717) is 35.6 Å². The quantitative estimate of drug-likeness (QED) is 0.221. The van der Waals surface area contributed by atoms with Gasteiger partial charge in [-0.05, 0) is 74.4 Å². The molecule has 0 aliphatic carbocycles. The summed E-state index contributed by atoms with van der Waals surface area (Å²) in [7, 11) is 0. The maximum absolute atomic E-state index is 13.6. The van der Waals surface area contributed by atoms with E-state index >= 15 is 0 Å². The van der Waals surface area contributed by atoms with E-state index in [9.17, 15) is 14.4 Å². The SMILES string of the molecule is CC(=O)c1ccccc1OCc1ccc(CCC=O)c(C(=O)NC(CC(C)C)c2cc(C)cc(C)c2)c1. The van der Waals surface area contributed by atoms with Crippen LogP contribution in [0.15, 0.2) is 60.7 Å². The lowest BCUT2D eigenvalue weighted by Gasteiger charge is -2.23. The minimum atomic E-state index is -0.170. The molecule has 5 heteroatoms. The molecule has 37 heavy (non-hydrogen) atoms. The fourth-order valence-corrected chi connectivity index (χ4v) is 4.60. The second-order valence-corrected chi connectivity index (χ2v) is 10.1. The number of hydrogen-bond donors (Lipinski definition) is 1. The molecule has 1 amide bonds. The first-order valence-corrected chi connectivity index (χ1v) is 12.8. The average Bonchev–Trinajstić information content (AvgIpc) is 2.85. The molecule has 0 aliphatic rings. The largest absolute Gasteiger partial charge is 0.488 e. The fourth-order valence-electron chi connectivity index (χ4n) is 4.60. The van der Waals surface area contributed by atoms with Gasteiger partial charge < -0.3 is 14.8 Å². The van der Waals surface area contributed by atoms with E-state index in [0.717, 1.165) is 40.5 Å². The highest BCUT2D eigenvalue weighted by Crippen LogP contribution is 2.26. The van der Waals surface area contributed by atoms with E-state index in [1.807, 2.05) is 24.3 Å². The highest BCUT2D eigenvalue weighted by atomic mass is 16.5. The summed E-state index contributed by atoms with van der Waals surface area (Å²) in [6.07, 6.45) is 2.50. The number of carbonyl (C=O) groups excluding carboxylic acids is 3. The molecule has 0 aliphatic heterocycles. The Kier molecular flexibility index (Phi) is 9.78. The molecule has 3 aromatic carbocycles. The third-order valence-electron chi connectivity index (χ3n) is 6.27. The Balaban J connectivity index is 1.89. The minimum absolute atomic E-state index is 0.0672. The number of para-hydroxylation sites is 1. The van der Waals surface area contributed by atoms with Crippen LogP contribution in [0.1, 0.15) is 88.2 Å². The van der Waals surface area contributed by atoms with E-state index < -0.39 is 0 Å². The average molecular weight is 500 g/mol. The Morgan fingerprint density at radius 2 is 1.65 bits per heavy atom. The highest BCUT2D eigenvalue weighted by molar-refractivity contribution is 5.97. The van der Waals surface area contributed by atoms with E-state index in [1.165, 1.54) is 6.92 Å². The van der Waals surface area contributed by atoms with Crippen LogP contribution in [0.25, 0.3) is 0 Å². The highest BCUT2D eigenvalue weighted by Gasteiger charge is 2.20. The zero-order chi connectivity index (χ0) is 26.9. The van der Waals surface area contributed by atoms with Crippen molar-refractivity contribution in [3.63, 3.8) is 0 Å². The molecule has 0 radical (unpaired) electrons. The maximum Gasteiger partial charge on any atom is 0.252 e. The van der Waals surface area contributed by atoms with Gasteiger partial charge in [-0.15, -0.1) is 0 Å². The molecule has 0 heterocycles. The number of nitrogens with one attached hydrogen (secondary N) is 1. The fraction of sp³-hybridized carbons (Fsp3) is 0.344. The van der Waals surface area contributed by atoms with Crippen molar-refractivity contribution in [2.75, 3.05) is 0 Å². The number of hydrogen-bond acceptors (Lipinski definition) is 4. The number of carbonyl (C=O) groups is 3. The normalized spacial score (nSPS) is 11.7. The summed E-state index contributed by atoms with van der Waals surface area (Å²) in [5.41, 5.74) is 6.11. The number of aldehydes is 1. The summed E-state index contributed by atoms with van der Waals surface area (Å²) in [4.78, 5) is 36.7. The monoisotopic (exact) mass is 499 g/mol. The van der Waals surface area contributed by atoms with Crippen molar-refractivity contribution in [3.8, 4) is 5.75 Å². The van der Waals surface area contributed by atoms with Crippen LogP contribution in [0, 0.1) is 19.8 Å². The second-order valence-electron chi connectivity index (χ2n) is 10.1. The van der Waals surface area contributed by atoms with Gasteiger partial charge in [0, 0.05) is 12.0 Å². The Morgan fingerprint density at radius 1 is 0.946 bits per heavy atom. The molecule has 1 unspecified atom stereocenters. The molecule has 3 aromatic rings. The number of aryl methyl sites for hydroxylation is 3. The zero-order valence-electron chi connectivity index (χ0n) is 22.5. The van der Waals surface area contributed by atoms with Crippen LogP contribution in [0.3, 0.4) is 0 Å². The Bertz CT molecular complexity index is 1240. The number of amides is 1. The van der Waals surface area contributed by atoms with Gasteiger partial charge in [0.05, 0.1) is 11.6 Å². The summed E-state index contributed by atoms with van der Waals surface area (Å²) in [6, 6.07) is 19.0. The maximum atomic E-state index is 13.6. The van der Waals surface area contributed by atoms with E-state index in [-0.39, 0.29) is 24.3 Å². The summed E-state index contributed by atoms with van der Waals surface area (Å²) < 4.78 is 5.96. The summed E-state index contributed by atoms with van der Waals surface area (Å²) >= 11 is 0. The van der Waals surface area contributed by atoms with Crippen LogP contribution >= 0.6 is 0 Å². The van der Waals surface area contributed by atoms with Crippen LogP contribution in [0.2, 0.25) is 0 Å². The van der Waals surface area contributed by atoms with Gasteiger partial charge in [-0.3, -0.25) is 9.59 Å². The third-order valence-corrected chi connectivity index (χ3v) is 6.27. The number of Topliss-reactive ketones (excluding diaryl/α,β-unsaturated/α-hetero) is 1. The van der Waals surface area contributed by atoms with Crippen molar-refractivity contribution in [2.24, 2.45) is 5.92 Å². The van der Waals surface area contributed by atoms with Crippen molar-refractivity contribution < 1.29 is 19.1 Å². The number of benzene rings is 3. The van der Waals surface area contributed by atoms with Gasteiger partial charge in [-0.25, -0.2) is 0 Å². The predicted octanol–water partition coefficient (Wildman–Crippen LogP) is 6.73. The lowest BCUT2D eigenvalue weighted by atomic mass is 9.93.